The van der Waals surface area contributed by atoms with Crippen molar-refractivity contribution >= 4 is 17.6 Å². The molecule has 0 N–H and O–H groups in total. The molecule has 0 unspecified atom stereocenters. The molecule has 0 bridgehead atoms. The fourth-order valence-electron chi connectivity index (χ4n) is 5.26. The second kappa shape index (κ2) is 8.52. The first-order valence-electron chi connectivity index (χ1n) is 11.6. The largest absolute Gasteiger partial charge is 0.497 e. The van der Waals surface area contributed by atoms with E-state index in [0.717, 1.165) is 60.0 Å². The highest BCUT2D eigenvalue weighted by molar-refractivity contribution is 6.00. The molecule has 2 aliphatic heterocycles. The molecule has 5 rings (SSSR count). The maximum atomic E-state index is 12.8. The molecule has 1 aromatic carbocycles. The number of anilines is 1. The number of hydrogen-bond acceptors (Lipinski definition) is 5. The number of hydrogen-bond donors (Lipinski definition) is 0. The van der Waals surface area contributed by atoms with E-state index in [1.165, 1.54) is 12.8 Å². The summed E-state index contributed by atoms with van der Waals surface area (Å²) in [6.45, 7) is 3.89. The number of methoxy groups -OCH3 is 1. The third-order valence-corrected chi connectivity index (χ3v) is 7.16. The summed E-state index contributed by atoms with van der Waals surface area (Å²) >= 11 is 0. The number of aromatic nitrogens is 2. The molecule has 1 saturated heterocycles. The zero-order chi connectivity index (χ0) is 22.2. The van der Waals surface area contributed by atoms with Crippen LogP contribution in [0.5, 0.6) is 5.75 Å². The van der Waals surface area contributed by atoms with Gasteiger partial charge in [0.1, 0.15) is 17.4 Å². The normalized spacial score (nSPS) is 20.8. The molecule has 7 nitrogen and oxygen atoms in total. The number of ether oxygens (including phenoxy) is 1. The lowest BCUT2D eigenvalue weighted by molar-refractivity contribution is -0.134. The minimum atomic E-state index is 0.0508. The summed E-state index contributed by atoms with van der Waals surface area (Å²) in [6.07, 6.45) is 5.60. The standard InChI is InChI=1S/C25H30N4O3/c1-16-21-13-22(30)29(14-17-7-9-20(32-2)10-8-17)24(21)27-23(26-16)19-11-12-28(15-19)25(31)18-5-3-4-6-18/h7-10,18-19H,3-6,11-15H2,1-2H3/t19-/m0/s1. The maximum absolute atomic E-state index is 12.8. The third kappa shape index (κ3) is 3.85. The maximum Gasteiger partial charge on any atom is 0.233 e. The number of carbonyl (C=O) groups excluding carboxylic acids is 2. The lowest BCUT2D eigenvalue weighted by Gasteiger charge is -2.21. The highest BCUT2D eigenvalue weighted by Gasteiger charge is 2.36. The van der Waals surface area contributed by atoms with E-state index in [-0.39, 0.29) is 17.7 Å². The molecule has 1 aromatic heterocycles. The first kappa shape index (κ1) is 20.9. The third-order valence-electron chi connectivity index (χ3n) is 7.16. The van der Waals surface area contributed by atoms with E-state index >= 15 is 0 Å². The number of amides is 2. The van der Waals surface area contributed by atoms with Crippen LogP contribution in [0, 0.1) is 12.8 Å². The van der Waals surface area contributed by atoms with Crippen LogP contribution in [-0.4, -0.2) is 46.9 Å². The monoisotopic (exact) mass is 434 g/mol. The number of aryl methyl sites for hydroxylation is 1. The van der Waals surface area contributed by atoms with E-state index in [1.54, 1.807) is 12.0 Å². The SMILES string of the molecule is COc1ccc(CN2C(=O)Cc3c(C)nc([C@H]4CCN(C(=O)C5CCCC5)C4)nc32)cc1. The second-order valence-corrected chi connectivity index (χ2v) is 9.23. The number of likely N-dealkylation sites (tertiary alicyclic amines) is 1. The first-order valence-corrected chi connectivity index (χ1v) is 11.6. The van der Waals surface area contributed by atoms with Gasteiger partial charge in [0.2, 0.25) is 11.8 Å². The van der Waals surface area contributed by atoms with E-state index in [9.17, 15) is 9.59 Å². The average molecular weight is 435 g/mol. The summed E-state index contributed by atoms with van der Waals surface area (Å²) in [4.78, 5) is 39.1. The van der Waals surface area contributed by atoms with Gasteiger partial charge in [0, 0.05) is 36.2 Å². The summed E-state index contributed by atoms with van der Waals surface area (Å²) in [5, 5.41) is 0. The molecular weight excluding hydrogens is 404 g/mol. The number of nitrogens with zero attached hydrogens (tertiary/aromatic N) is 4. The van der Waals surface area contributed by atoms with Crippen LogP contribution in [0.1, 0.15) is 60.7 Å². The van der Waals surface area contributed by atoms with Crippen molar-refractivity contribution in [1.82, 2.24) is 14.9 Å². The highest BCUT2D eigenvalue weighted by atomic mass is 16.5. The van der Waals surface area contributed by atoms with Crippen molar-refractivity contribution in [3.8, 4) is 5.75 Å². The summed E-state index contributed by atoms with van der Waals surface area (Å²) in [7, 11) is 1.64. The van der Waals surface area contributed by atoms with Gasteiger partial charge in [-0.3, -0.25) is 14.5 Å². The van der Waals surface area contributed by atoms with Crippen molar-refractivity contribution in [2.45, 2.75) is 57.9 Å². The lowest BCUT2D eigenvalue weighted by Crippen LogP contribution is -2.33. The Morgan fingerprint density at radius 3 is 2.59 bits per heavy atom. The average Bonchev–Trinajstić information content (AvgIpc) is 3.55. The van der Waals surface area contributed by atoms with E-state index in [0.29, 0.717) is 25.4 Å². The Kier molecular flexibility index (Phi) is 5.57. The zero-order valence-electron chi connectivity index (χ0n) is 18.8. The summed E-state index contributed by atoms with van der Waals surface area (Å²) in [6, 6.07) is 7.76. The van der Waals surface area contributed by atoms with Crippen LogP contribution in [0.4, 0.5) is 5.82 Å². The van der Waals surface area contributed by atoms with Crippen molar-refractivity contribution in [3.63, 3.8) is 0 Å². The fourth-order valence-corrected chi connectivity index (χ4v) is 5.26. The molecule has 0 spiro atoms. The number of benzene rings is 1. The van der Waals surface area contributed by atoms with Gasteiger partial charge in [-0.05, 0) is 43.9 Å². The molecular formula is C25H30N4O3. The Balaban J connectivity index is 1.35. The highest BCUT2D eigenvalue weighted by Crippen LogP contribution is 2.35. The smallest absolute Gasteiger partial charge is 0.233 e. The molecule has 168 valence electrons. The Morgan fingerprint density at radius 2 is 1.88 bits per heavy atom. The Hall–Kier alpha value is -2.96. The lowest BCUT2D eigenvalue weighted by atomic mass is 10.1. The van der Waals surface area contributed by atoms with E-state index in [1.807, 2.05) is 36.1 Å². The van der Waals surface area contributed by atoms with Crippen LogP contribution < -0.4 is 9.64 Å². The topological polar surface area (TPSA) is 75.6 Å². The van der Waals surface area contributed by atoms with Gasteiger partial charge in [0.25, 0.3) is 0 Å². The summed E-state index contributed by atoms with van der Waals surface area (Å²) in [5.74, 6) is 2.97. The molecule has 3 heterocycles. The Morgan fingerprint density at radius 1 is 1.12 bits per heavy atom. The Bertz CT molecular complexity index is 1030. The quantitative estimate of drug-likeness (QED) is 0.721. The Labute approximate surface area is 188 Å². The van der Waals surface area contributed by atoms with Crippen molar-refractivity contribution in [1.29, 1.82) is 0 Å². The van der Waals surface area contributed by atoms with E-state index in [4.69, 9.17) is 14.7 Å². The van der Waals surface area contributed by atoms with Crippen LogP contribution in [0.3, 0.4) is 0 Å². The van der Waals surface area contributed by atoms with Crippen LogP contribution in [0.15, 0.2) is 24.3 Å². The second-order valence-electron chi connectivity index (χ2n) is 9.23. The van der Waals surface area contributed by atoms with Gasteiger partial charge >= 0.3 is 0 Å². The van der Waals surface area contributed by atoms with Crippen LogP contribution in [0.25, 0.3) is 0 Å². The van der Waals surface area contributed by atoms with Gasteiger partial charge in [0.05, 0.1) is 20.1 Å². The molecule has 2 amide bonds. The minimum Gasteiger partial charge on any atom is -0.497 e. The predicted octanol–water partition coefficient (Wildman–Crippen LogP) is 3.39. The molecule has 1 saturated carbocycles. The number of rotatable bonds is 5. The van der Waals surface area contributed by atoms with Gasteiger partial charge < -0.3 is 9.64 Å². The van der Waals surface area contributed by atoms with Crippen molar-refractivity contribution < 1.29 is 14.3 Å². The van der Waals surface area contributed by atoms with E-state index < -0.39 is 0 Å². The molecule has 2 aromatic rings. The summed E-state index contributed by atoms with van der Waals surface area (Å²) in [5.41, 5.74) is 2.82. The van der Waals surface area contributed by atoms with Crippen molar-refractivity contribution in [3.05, 3.63) is 46.9 Å². The predicted molar refractivity (Wildman–Crippen MR) is 121 cm³/mol. The van der Waals surface area contributed by atoms with Crippen molar-refractivity contribution in [2.24, 2.45) is 5.92 Å². The van der Waals surface area contributed by atoms with Gasteiger partial charge in [-0.15, -0.1) is 0 Å². The zero-order valence-corrected chi connectivity index (χ0v) is 18.8. The number of carbonyl (C=O) groups is 2. The van der Waals surface area contributed by atoms with Crippen LogP contribution in [-0.2, 0) is 22.6 Å². The molecule has 7 heteroatoms. The van der Waals surface area contributed by atoms with Crippen molar-refractivity contribution in [2.75, 3.05) is 25.1 Å². The van der Waals surface area contributed by atoms with Gasteiger partial charge in [-0.25, -0.2) is 9.97 Å². The molecule has 0 radical (unpaired) electrons. The van der Waals surface area contributed by atoms with Gasteiger partial charge in [-0.1, -0.05) is 25.0 Å². The molecule has 1 aliphatic carbocycles. The summed E-state index contributed by atoms with van der Waals surface area (Å²) < 4.78 is 5.23. The molecule has 2 fully saturated rings. The van der Waals surface area contributed by atoms with Gasteiger partial charge in [-0.2, -0.15) is 0 Å². The van der Waals surface area contributed by atoms with Crippen LogP contribution >= 0.6 is 0 Å². The molecule has 1 atom stereocenters. The first-order chi connectivity index (χ1) is 15.5. The molecule has 3 aliphatic rings. The van der Waals surface area contributed by atoms with Crippen LogP contribution in [0.2, 0.25) is 0 Å². The van der Waals surface area contributed by atoms with E-state index in [2.05, 4.69) is 0 Å². The molecule has 32 heavy (non-hydrogen) atoms. The van der Waals surface area contributed by atoms with Gasteiger partial charge in [0.15, 0.2) is 0 Å². The fraction of sp³-hybridized carbons (Fsp3) is 0.520. The number of fused-ring (bicyclic) bond motifs is 1. The minimum absolute atomic E-state index is 0.0508.